The van der Waals surface area contributed by atoms with E-state index in [0.29, 0.717) is 5.76 Å². The summed E-state index contributed by atoms with van der Waals surface area (Å²) in [6.07, 6.45) is 2.53. The number of carbonyl (C=O) groups excluding carboxylic acids is 2. The van der Waals surface area contributed by atoms with E-state index in [9.17, 15) is 24.8 Å². The Balaban J connectivity index is 1.88. The predicted molar refractivity (Wildman–Crippen MR) is 81.1 cm³/mol. The molecule has 0 aliphatic heterocycles. The maximum absolute atomic E-state index is 11.5. The molecule has 0 aliphatic rings. The highest BCUT2D eigenvalue weighted by Crippen LogP contribution is 2.25. The Morgan fingerprint density at radius 1 is 1.33 bits per heavy atom. The van der Waals surface area contributed by atoms with Gasteiger partial charge in [0.1, 0.15) is 5.76 Å². The molecule has 2 amide bonds. The van der Waals surface area contributed by atoms with Gasteiger partial charge >= 0.3 is 17.5 Å². The second-order valence-electron chi connectivity index (χ2n) is 4.47. The van der Waals surface area contributed by atoms with Gasteiger partial charge in [-0.05, 0) is 24.3 Å². The molecule has 24 heavy (non-hydrogen) atoms. The van der Waals surface area contributed by atoms with E-state index in [2.05, 4.69) is 10.4 Å². The molecule has 10 heteroatoms. The van der Waals surface area contributed by atoms with E-state index in [4.69, 9.17) is 4.42 Å². The number of phenolic OH excluding ortho intramolecular Hbond substituents is 1. The Bertz CT molecular complexity index is 785. The van der Waals surface area contributed by atoms with Crippen LogP contribution in [0.5, 0.6) is 5.75 Å². The highest BCUT2D eigenvalue weighted by atomic mass is 16.6. The van der Waals surface area contributed by atoms with Crippen LogP contribution < -0.4 is 10.7 Å². The summed E-state index contributed by atoms with van der Waals surface area (Å²) in [5, 5.41) is 25.8. The molecule has 2 rings (SSSR count). The highest BCUT2D eigenvalue weighted by Gasteiger charge is 2.14. The molecular formula is C14H12N4O6. The molecule has 0 saturated heterocycles. The lowest BCUT2D eigenvalue weighted by Crippen LogP contribution is -2.37. The van der Waals surface area contributed by atoms with Crippen LogP contribution in [0.2, 0.25) is 0 Å². The number of hydrogen-bond donors (Lipinski definition) is 3. The van der Waals surface area contributed by atoms with Crippen LogP contribution in [-0.2, 0) is 16.1 Å². The molecule has 0 aliphatic carbocycles. The summed E-state index contributed by atoms with van der Waals surface area (Å²) < 4.78 is 4.99. The average molecular weight is 332 g/mol. The summed E-state index contributed by atoms with van der Waals surface area (Å²) >= 11 is 0. The van der Waals surface area contributed by atoms with Crippen molar-refractivity contribution < 1.29 is 24.0 Å². The molecule has 0 radical (unpaired) electrons. The van der Waals surface area contributed by atoms with Crippen LogP contribution >= 0.6 is 0 Å². The fourth-order valence-corrected chi connectivity index (χ4v) is 1.64. The van der Waals surface area contributed by atoms with E-state index < -0.39 is 28.2 Å². The van der Waals surface area contributed by atoms with Crippen molar-refractivity contribution in [2.75, 3.05) is 0 Å². The van der Waals surface area contributed by atoms with Gasteiger partial charge in [-0.2, -0.15) is 5.10 Å². The van der Waals surface area contributed by atoms with Crippen molar-refractivity contribution in [3.05, 3.63) is 58.0 Å². The Hall–Kier alpha value is -3.69. The van der Waals surface area contributed by atoms with Crippen molar-refractivity contribution >= 4 is 23.7 Å². The number of nitrogens with one attached hydrogen (secondary N) is 2. The van der Waals surface area contributed by atoms with Crippen molar-refractivity contribution in [3.8, 4) is 5.75 Å². The normalized spacial score (nSPS) is 10.5. The minimum Gasteiger partial charge on any atom is -0.502 e. The van der Waals surface area contributed by atoms with Gasteiger partial charge < -0.3 is 14.8 Å². The number of nitrogens with zero attached hydrogens (tertiary/aromatic N) is 2. The highest BCUT2D eigenvalue weighted by molar-refractivity contribution is 6.35. The number of furan rings is 1. The van der Waals surface area contributed by atoms with Gasteiger partial charge in [-0.25, -0.2) is 5.43 Å². The van der Waals surface area contributed by atoms with E-state index in [1.165, 1.54) is 12.3 Å². The second kappa shape index (κ2) is 7.54. The molecule has 0 spiro atoms. The first-order valence-corrected chi connectivity index (χ1v) is 6.58. The fraction of sp³-hybridized carbons (Fsp3) is 0.0714. The number of hydrogen-bond acceptors (Lipinski definition) is 7. The molecule has 2 aromatic rings. The number of rotatable bonds is 5. The zero-order chi connectivity index (χ0) is 17.5. The Labute approximate surface area is 134 Å². The van der Waals surface area contributed by atoms with Crippen molar-refractivity contribution in [1.82, 2.24) is 10.7 Å². The van der Waals surface area contributed by atoms with Gasteiger partial charge in [0, 0.05) is 11.6 Å². The number of benzene rings is 1. The van der Waals surface area contributed by atoms with Crippen molar-refractivity contribution in [1.29, 1.82) is 0 Å². The molecule has 10 nitrogen and oxygen atoms in total. The van der Waals surface area contributed by atoms with E-state index >= 15 is 0 Å². The monoisotopic (exact) mass is 332 g/mol. The Morgan fingerprint density at radius 3 is 2.79 bits per heavy atom. The molecule has 0 unspecified atom stereocenters. The third-order valence-electron chi connectivity index (χ3n) is 2.79. The van der Waals surface area contributed by atoms with Gasteiger partial charge in [-0.3, -0.25) is 19.7 Å². The van der Waals surface area contributed by atoms with Crippen LogP contribution in [-0.4, -0.2) is 28.1 Å². The van der Waals surface area contributed by atoms with Gasteiger partial charge in [0.05, 0.1) is 23.9 Å². The predicted octanol–water partition coefficient (Wildman–Crippen LogP) is 0.660. The minimum atomic E-state index is -1.01. The van der Waals surface area contributed by atoms with Crippen LogP contribution in [0.4, 0.5) is 5.69 Å². The minimum absolute atomic E-state index is 0.0487. The lowest BCUT2D eigenvalue weighted by atomic mass is 10.2. The largest absolute Gasteiger partial charge is 0.502 e. The molecule has 0 fully saturated rings. The van der Waals surface area contributed by atoms with E-state index in [-0.39, 0.29) is 12.1 Å². The van der Waals surface area contributed by atoms with Crippen LogP contribution in [0.1, 0.15) is 11.3 Å². The summed E-state index contributed by atoms with van der Waals surface area (Å²) in [4.78, 5) is 32.9. The van der Waals surface area contributed by atoms with Crippen molar-refractivity contribution in [2.45, 2.75) is 6.54 Å². The quantitative estimate of drug-likeness (QED) is 0.317. The van der Waals surface area contributed by atoms with Gasteiger partial charge in [0.2, 0.25) is 0 Å². The molecule has 1 aromatic carbocycles. The molecular weight excluding hydrogens is 320 g/mol. The summed E-state index contributed by atoms with van der Waals surface area (Å²) in [7, 11) is 0. The Kier molecular flexibility index (Phi) is 5.24. The number of nitro benzene ring substituents is 1. The standard InChI is InChI=1S/C14H12N4O6/c19-12-4-3-9(6-11(12)18(22)23)7-16-17-14(21)13(20)15-8-10-2-1-5-24-10/h1-7,19H,8H2,(H,15,20)(H,17,21)/b16-7-. The number of amides is 2. The number of nitro groups is 1. The van der Waals surface area contributed by atoms with Gasteiger partial charge in [-0.1, -0.05) is 0 Å². The summed E-state index contributed by atoms with van der Waals surface area (Å²) in [6, 6.07) is 6.82. The second-order valence-corrected chi connectivity index (χ2v) is 4.47. The Morgan fingerprint density at radius 2 is 2.12 bits per heavy atom. The molecule has 1 aromatic heterocycles. The van der Waals surface area contributed by atoms with Crippen LogP contribution in [0.25, 0.3) is 0 Å². The van der Waals surface area contributed by atoms with Crippen molar-refractivity contribution in [3.63, 3.8) is 0 Å². The van der Waals surface area contributed by atoms with E-state index in [1.807, 2.05) is 5.43 Å². The van der Waals surface area contributed by atoms with Gasteiger partial charge in [-0.15, -0.1) is 0 Å². The topological polar surface area (TPSA) is 147 Å². The lowest BCUT2D eigenvalue weighted by molar-refractivity contribution is -0.385. The number of hydrazone groups is 1. The maximum atomic E-state index is 11.5. The molecule has 1 heterocycles. The molecule has 0 bridgehead atoms. The summed E-state index contributed by atoms with van der Waals surface area (Å²) in [5.41, 5.74) is 1.74. The average Bonchev–Trinajstić information content (AvgIpc) is 3.07. The SMILES string of the molecule is O=C(NCc1ccco1)C(=O)N/N=C\c1ccc(O)c([N+](=O)[O-])c1. The zero-order valence-electron chi connectivity index (χ0n) is 12.1. The first kappa shape index (κ1) is 16.7. The van der Waals surface area contributed by atoms with Crippen LogP contribution in [0.15, 0.2) is 46.1 Å². The third kappa shape index (κ3) is 4.40. The van der Waals surface area contributed by atoms with Crippen LogP contribution in [0.3, 0.4) is 0 Å². The first-order valence-electron chi connectivity index (χ1n) is 6.58. The van der Waals surface area contributed by atoms with Crippen molar-refractivity contribution in [2.24, 2.45) is 5.10 Å². The summed E-state index contributed by atoms with van der Waals surface area (Å²) in [5.74, 6) is -1.93. The fourth-order valence-electron chi connectivity index (χ4n) is 1.64. The third-order valence-corrected chi connectivity index (χ3v) is 2.79. The summed E-state index contributed by atoms with van der Waals surface area (Å²) in [6.45, 7) is 0.0487. The lowest BCUT2D eigenvalue weighted by Gasteiger charge is -2.01. The zero-order valence-corrected chi connectivity index (χ0v) is 12.1. The van der Waals surface area contributed by atoms with Crippen LogP contribution in [0, 0.1) is 10.1 Å². The number of carbonyl (C=O) groups is 2. The molecule has 3 N–H and O–H groups in total. The number of phenols is 1. The van der Waals surface area contributed by atoms with Gasteiger partial charge in [0.25, 0.3) is 0 Å². The number of aromatic hydroxyl groups is 1. The van der Waals surface area contributed by atoms with E-state index in [0.717, 1.165) is 18.3 Å². The first-order chi connectivity index (χ1) is 11.5. The molecule has 124 valence electrons. The van der Waals surface area contributed by atoms with E-state index in [1.54, 1.807) is 12.1 Å². The molecule has 0 atom stereocenters. The smallest absolute Gasteiger partial charge is 0.329 e. The van der Waals surface area contributed by atoms with Gasteiger partial charge in [0.15, 0.2) is 5.75 Å². The maximum Gasteiger partial charge on any atom is 0.329 e. The molecule has 0 saturated carbocycles.